The molecule has 3 aromatic rings. The molecule has 1 fully saturated rings. The van der Waals surface area contributed by atoms with E-state index in [0.717, 1.165) is 16.6 Å². The Hall–Kier alpha value is -3.55. The fraction of sp³-hybridized carbons (Fsp3) is 0.273. The minimum atomic E-state index is -0.674. The van der Waals surface area contributed by atoms with E-state index in [0.29, 0.717) is 31.9 Å². The van der Waals surface area contributed by atoms with Crippen molar-refractivity contribution in [3.63, 3.8) is 0 Å². The van der Waals surface area contributed by atoms with E-state index in [1.54, 1.807) is 24.0 Å². The predicted octanol–water partition coefficient (Wildman–Crippen LogP) is 3.17. The third kappa shape index (κ3) is 4.37. The number of amides is 3. The van der Waals surface area contributed by atoms with Crippen LogP contribution in [0.25, 0.3) is 10.9 Å². The molecule has 3 amide bonds. The molecule has 1 aliphatic heterocycles. The van der Waals surface area contributed by atoms with Crippen LogP contribution in [0.4, 0.5) is 20.6 Å². The van der Waals surface area contributed by atoms with Crippen LogP contribution >= 0.6 is 0 Å². The number of fused-ring (bicyclic) bond motifs is 1. The molecule has 30 heavy (non-hydrogen) atoms. The molecule has 1 aliphatic rings. The van der Waals surface area contributed by atoms with Crippen molar-refractivity contribution in [2.24, 2.45) is 0 Å². The van der Waals surface area contributed by atoms with Crippen molar-refractivity contribution in [3.8, 4) is 0 Å². The van der Waals surface area contributed by atoms with Gasteiger partial charge in [0.05, 0.1) is 0 Å². The van der Waals surface area contributed by atoms with Crippen LogP contribution in [0.3, 0.4) is 0 Å². The van der Waals surface area contributed by atoms with E-state index in [9.17, 15) is 14.0 Å². The highest BCUT2D eigenvalue weighted by molar-refractivity contribution is 5.98. The molecule has 1 atom stereocenters. The number of rotatable bonds is 4. The lowest BCUT2D eigenvalue weighted by atomic mass is 10.2. The maximum Gasteiger partial charge on any atom is 0.318 e. The number of benzene rings is 2. The van der Waals surface area contributed by atoms with Crippen molar-refractivity contribution in [1.29, 1.82) is 0 Å². The van der Waals surface area contributed by atoms with Gasteiger partial charge in [0.2, 0.25) is 5.91 Å². The summed E-state index contributed by atoms with van der Waals surface area (Å²) in [5, 5.41) is 6.66. The third-order valence-corrected chi connectivity index (χ3v) is 5.31. The van der Waals surface area contributed by atoms with Gasteiger partial charge in [0.15, 0.2) is 0 Å². The van der Waals surface area contributed by atoms with Crippen LogP contribution in [0.2, 0.25) is 0 Å². The molecule has 4 rings (SSSR count). The van der Waals surface area contributed by atoms with Gasteiger partial charge in [0, 0.05) is 49.3 Å². The van der Waals surface area contributed by atoms with Crippen molar-refractivity contribution in [2.45, 2.75) is 13.0 Å². The predicted molar refractivity (Wildman–Crippen MR) is 115 cm³/mol. The van der Waals surface area contributed by atoms with E-state index in [1.165, 1.54) is 12.1 Å². The van der Waals surface area contributed by atoms with Crippen molar-refractivity contribution < 1.29 is 14.0 Å². The average molecular weight is 409 g/mol. The summed E-state index contributed by atoms with van der Waals surface area (Å²) in [6.07, 6.45) is 1.84. The van der Waals surface area contributed by atoms with Crippen molar-refractivity contribution in [3.05, 3.63) is 60.5 Å². The van der Waals surface area contributed by atoms with Gasteiger partial charge in [-0.25, -0.2) is 9.18 Å². The van der Waals surface area contributed by atoms with Crippen LogP contribution in [0, 0.1) is 5.82 Å². The van der Waals surface area contributed by atoms with Crippen molar-refractivity contribution in [1.82, 2.24) is 15.2 Å². The van der Waals surface area contributed by atoms with E-state index in [1.807, 2.05) is 30.5 Å². The van der Waals surface area contributed by atoms with Crippen LogP contribution in [0.1, 0.15) is 6.92 Å². The van der Waals surface area contributed by atoms with E-state index in [4.69, 9.17) is 0 Å². The Morgan fingerprint density at radius 1 is 1.03 bits per heavy atom. The summed E-state index contributed by atoms with van der Waals surface area (Å²) < 4.78 is 13.1. The van der Waals surface area contributed by atoms with E-state index < -0.39 is 6.04 Å². The average Bonchev–Trinajstić information content (AvgIpc) is 3.22. The van der Waals surface area contributed by atoms with Gasteiger partial charge in [0.1, 0.15) is 11.9 Å². The second-order valence-electron chi connectivity index (χ2n) is 7.39. The number of halogens is 1. The Labute approximate surface area is 173 Å². The fourth-order valence-electron chi connectivity index (χ4n) is 3.54. The van der Waals surface area contributed by atoms with Gasteiger partial charge in [0.25, 0.3) is 0 Å². The van der Waals surface area contributed by atoms with Gasteiger partial charge >= 0.3 is 6.03 Å². The molecule has 2 aromatic carbocycles. The first kappa shape index (κ1) is 19.8. The Bertz CT molecular complexity index is 1040. The normalized spacial score (nSPS) is 15.1. The number of hydrogen-bond acceptors (Lipinski definition) is 3. The number of hydrogen-bond donors (Lipinski definition) is 3. The van der Waals surface area contributed by atoms with E-state index in [2.05, 4.69) is 20.5 Å². The molecule has 1 aromatic heterocycles. The Morgan fingerprint density at radius 3 is 2.50 bits per heavy atom. The molecule has 0 unspecified atom stereocenters. The smallest absolute Gasteiger partial charge is 0.318 e. The summed E-state index contributed by atoms with van der Waals surface area (Å²) in [5.74, 6) is -0.545. The molecular weight excluding hydrogens is 385 g/mol. The number of nitrogens with zero attached hydrogens (tertiary/aromatic N) is 2. The Balaban J connectivity index is 1.27. The van der Waals surface area contributed by atoms with Crippen LogP contribution in [0.5, 0.6) is 0 Å². The quantitative estimate of drug-likeness (QED) is 0.619. The standard InChI is InChI=1S/C22H24FN5O2/c1-15(21(29)26-18-5-2-16-8-9-24-20(16)14-18)25-22(30)28-12-10-27(11-13-28)19-6-3-17(23)4-7-19/h2-9,14-15,24H,10-13H2,1H3,(H,25,30)(H,26,29)/t15-/m0/s1. The maximum atomic E-state index is 13.1. The molecule has 8 heteroatoms. The number of anilines is 2. The molecule has 2 heterocycles. The second kappa shape index (κ2) is 8.44. The number of aromatic nitrogens is 1. The first-order valence-corrected chi connectivity index (χ1v) is 9.93. The number of urea groups is 1. The second-order valence-corrected chi connectivity index (χ2v) is 7.39. The van der Waals surface area contributed by atoms with Crippen molar-refractivity contribution >= 4 is 34.2 Å². The lowest BCUT2D eigenvalue weighted by Crippen LogP contribution is -2.54. The van der Waals surface area contributed by atoms with E-state index in [-0.39, 0.29) is 17.8 Å². The van der Waals surface area contributed by atoms with Crippen molar-refractivity contribution in [2.75, 3.05) is 36.4 Å². The van der Waals surface area contributed by atoms with Crippen LogP contribution in [-0.4, -0.2) is 54.0 Å². The molecule has 156 valence electrons. The molecule has 0 radical (unpaired) electrons. The number of aromatic amines is 1. The number of carbonyl (C=O) groups is 2. The first-order valence-electron chi connectivity index (χ1n) is 9.93. The third-order valence-electron chi connectivity index (χ3n) is 5.31. The Morgan fingerprint density at radius 2 is 1.77 bits per heavy atom. The van der Waals surface area contributed by atoms with Gasteiger partial charge in [-0.3, -0.25) is 4.79 Å². The van der Waals surface area contributed by atoms with Gasteiger partial charge < -0.3 is 25.4 Å². The van der Waals surface area contributed by atoms with Crippen LogP contribution in [0.15, 0.2) is 54.7 Å². The summed E-state index contributed by atoms with van der Waals surface area (Å²) in [6, 6.07) is 13.0. The van der Waals surface area contributed by atoms with Crippen LogP contribution < -0.4 is 15.5 Å². The van der Waals surface area contributed by atoms with E-state index >= 15 is 0 Å². The number of H-pyrrole nitrogens is 1. The lowest BCUT2D eigenvalue weighted by Gasteiger charge is -2.36. The lowest BCUT2D eigenvalue weighted by molar-refractivity contribution is -0.117. The SMILES string of the molecule is C[C@H](NC(=O)N1CCN(c2ccc(F)cc2)CC1)C(=O)Nc1ccc2cc[nH]c2c1. The molecule has 0 bridgehead atoms. The minimum absolute atomic E-state index is 0.267. The Kier molecular flexibility index (Phi) is 5.56. The maximum absolute atomic E-state index is 13.1. The highest BCUT2D eigenvalue weighted by Crippen LogP contribution is 2.18. The zero-order valence-corrected chi connectivity index (χ0v) is 16.7. The van der Waals surface area contributed by atoms with Gasteiger partial charge in [-0.2, -0.15) is 0 Å². The number of piperazine rings is 1. The summed E-state index contributed by atoms with van der Waals surface area (Å²) in [6.45, 7) is 4.02. The first-order chi connectivity index (χ1) is 14.5. The van der Waals surface area contributed by atoms with Gasteiger partial charge in [-0.05, 0) is 54.8 Å². The highest BCUT2D eigenvalue weighted by atomic mass is 19.1. The molecule has 0 spiro atoms. The molecule has 1 saturated heterocycles. The van der Waals surface area contributed by atoms with Gasteiger partial charge in [-0.1, -0.05) is 6.07 Å². The monoisotopic (exact) mass is 409 g/mol. The number of nitrogens with one attached hydrogen (secondary N) is 3. The summed E-state index contributed by atoms with van der Waals surface area (Å²) in [4.78, 5) is 31.9. The topological polar surface area (TPSA) is 80.5 Å². The molecule has 0 saturated carbocycles. The summed E-state index contributed by atoms with van der Waals surface area (Å²) >= 11 is 0. The summed E-state index contributed by atoms with van der Waals surface area (Å²) in [7, 11) is 0. The fourth-order valence-corrected chi connectivity index (χ4v) is 3.54. The number of carbonyl (C=O) groups excluding carboxylic acids is 2. The zero-order chi connectivity index (χ0) is 21.1. The molecule has 3 N–H and O–H groups in total. The van der Waals surface area contributed by atoms with Gasteiger partial charge in [-0.15, -0.1) is 0 Å². The summed E-state index contributed by atoms with van der Waals surface area (Å²) in [5.41, 5.74) is 2.54. The molecule has 0 aliphatic carbocycles. The molecule has 7 nitrogen and oxygen atoms in total. The largest absolute Gasteiger partial charge is 0.368 e. The minimum Gasteiger partial charge on any atom is -0.368 e. The molecular formula is C22H24FN5O2. The van der Waals surface area contributed by atoms with Crippen LogP contribution in [-0.2, 0) is 4.79 Å². The zero-order valence-electron chi connectivity index (χ0n) is 16.7. The highest BCUT2D eigenvalue weighted by Gasteiger charge is 2.24.